The van der Waals surface area contributed by atoms with E-state index in [0.717, 1.165) is 0 Å². The number of phenols is 1. The summed E-state index contributed by atoms with van der Waals surface area (Å²) in [6.45, 7) is 1.61. The fourth-order valence-electron chi connectivity index (χ4n) is 2.05. The second kappa shape index (κ2) is 6.76. The monoisotopic (exact) mass is 299 g/mol. The summed E-state index contributed by atoms with van der Waals surface area (Å²) in [5, 5.41) is 21.4. The zero-order valence-electron chi connectivity index (χ0n) is 12.1. The van der Waals surface area contributed by atoms with Gasteiger partial charge in [0.05, 0.1) is 11.5 Å². The number of hydrogen-bond acceptors (Lipinski definition) is 3. The largest absolute Gasteiger partial charge is 0.507 e. The van der Waals surface area contributed by atoms with Crippen molar-refractivity contribution in [2.24, 2.45) is 5.92 Å². The number of carbonyl (C=O) groups excluding carboxylic acids is 1. The highest BCUT2D eigenvalue weighted by atomic mass is 16.4. The number of aliphatic carboxylic acids is 1. The summed E-state index contributed by atoms with van der Waals surface area (Å²) in [6.07, 6.45) is 7.39. The summed E-state index contributed by atoms with van der Waals surface area (Å²) < 4.78 is 0. The minimum absolute atomic E-state index is 0.0829. The van der Waals surface area contributed by atoms with Crippen molar-refractivity contribution in [3.05, 3.63) is 65.4 Å². The number of carbonyl (C=O) groups is 2. The third-order valence-corrected chi connectivity index (χ3v) is 3.42. The molecule has 0 aromatic heterocycles. The summed E-state index contributed by atoms with van der Waals surface area (Å²) in [6, 6.07) is 6.29. The lowest BCUT2D eigenvalue weighted by Crippen LogP contribution is -2.22. The van der Waals surface area contributed by atoms with Gasteiger partial charge in [-0.3, -0.25) is 9.59 Å². The van der Waals surface area contributed by atoms with Crippen molar-refractivity contribution in [3.63, 3.8) is 0 Å². The van der Waals surface area contributed by atoms with Gasteiger partial charge < -0.3 is 15.5 Å². The number of carboxylic acids is 1. The van der Waals surface area contributed by atoms with Gasteiger partial charge in [-0.2, -0.15) is 0 Å². The first kappa shape index (κ1) is 15.6. The molecule has 0 saturated carbocycles. The van der Waals surface area contributed by atoms with E-state index in [1.165, 1.54) is 12.1 Å². The molecule has 1 aromatic carbocycles. The molecule has 114 valence electrons. The Balaban J connectivity index is 2.14. The highest BCUT2D eigenvalue weighted by Gasteiger charge is 2.16. The van der Waals surface area contributed by atoms with Crippen LogP contribution >= 0.6 is 0 Å². The first-order chi connectivity index (χ1) is 10.5. The van der Waals surface area contributed by atoms with E-state index in [4.69, 9.17) is 5.11 Å². The average Bonchev–Trinajstić information content (AvgIpc) is 2.72. The molecule has 0 aliphatic heterocycles. The second-order valence-electron chi connectivity index (χ2n) is 5.00. The van der Waals surface area contributed by atoms with Crippen LogP contribution in [0.15, 0.2) is 59.8 Å². The van der Waals surface area contributed by atoms with Crippen molar-refractivity contribution >= 4 is 11.9 Å². The quantitative estimate of drug-likeness (QED) is 0.797. The first-order valence-corrected chi connectivity index (χ1v) is 6.88. The summed E-state index contributed by atoms with van der Waals surface area (Å²) >= 11 is 0. The minimum Gasteiger partial charge on any atom is -0.507 e. The Hall–Kier alpha value is -2.82. The van der Waals surface area contributed by atoms with E-state index in [-0.39, 0.29) is 11.3 Å². The van der Waals surface area contributed by atoms with Crippen LogP contribution in [0.2, 0.25) is 0 Å². The van der Waals surface area contributed by atoms with Gasteiger partial charge >= 0.3 is 5.97 Å². The maximum absolute atomic E-state index is 12.1. The molecule has 1 amide bonds. The van der Waals surface area contributed by atoms with Crippen LogP contribution in [0.4, 0.5) is 0 Å². The number of aromatic hydroxyl groups is 1. The molecule has 1 aromatic rings. The molecular weight excluding hydrogens is 282 g/mol. The molecule has 3 N–H and O–H groups in total. The maximum Gasteiger partial charge on any atom is 0.310 e. The van der Waals surface area contributed by atoms with Crippen molar-refractivity contribution in [1.29, 1.82) is 0 Å². The maximum atomic E-state index is 12.1. The van der Waals surface area contributed by atoms with Crippen LogP contribution in [0, 0.1) is 5.92 Å². The fraction of sp³-hybridized carbons (Fsp3) is 0.176. The molecule has 0 fully saturated rings. The number of carboxylic acid groups (broad SMARTS) is 1. The lowest BCUT2D eigenvalue weighted by molar-refractivity contribution is -0.139. The number of benzene rings is 1. The average molecular weight is 299 g/mol. The Morgan fingerprint density at radius 2 is 1.95 bits per heavy atom. The van der Waals surface area contributed by atoms with E-state index in [1.807, 2.05) is 0 Å². The molecule has 5 nitrogen and oxygen atoms in total. The molecule has 22 heavy (non-hydrogen) atoms. The SMILES string of the molecule is CC(C(=O)O)C1=CC=C(NC(=O)c2ccccc2O)CC=C1. The number of phenolic OH excluding ortho intramolecular Hbond substituents is 1. The number of nitrogens with one attached hydrogen (secondary N) is 1. The molecule has 0 radical (unpaired) electrons. The van der Waals surface area contributed by atoms with Crippen molar-refractivity contribution in [1.82, 2.24) is 5.32 Å². The van der Waals surface area contributed by atoms with Crippen LogP contribution in [-0.2, 0) is 4.79 Å². The van der Waals surface area contributed by atoms with Crippen molar-refractivity contribution in [2.45, 2.75) is 13.3 Å². The van der Waals surface area contributed by atoms with Crippen LogP contribution in [0.5, 0.6) is 5.75 Å². The van der Waals surface area contributed by atoms with Gasteiger partial charge in [0.1, 0.15) is 5.75 Å². The number of rotatable bonds is 4. The highest BCUT2D eigenvalue weighted by molar-refractivity contribution is 5.97. The summed E-state index contributed by atoms with van der Waals surface area (Å²) in [7, 11) is 0. The Morgan fingerprint density at radius 1 is 1.23 bits per heavy atom. The van der Waals surface area contributed by atoms with E-state index in [2.05, 4.69) is 5.32 Å². The van der Waals surface area contributed by atoms with Gasteiger partial charge in [-0.1, -0.05) is 30.4 Å². The van der Waals surface area contributed by atoms with Crippen LogP contribution in [0.25, 0.3) is 0 Å². The van der Waals surface area contributed by atoms with E-state index < -0.39 is 17.8 Å². The molecular formula is C17H17NO4. The first-order valence-electron chi connectivity index (χ1n) is 6.88. The predicted octanol–water partition coefficient (Wildman–Crippen LogP) is 2.61. The zero-order chi connectivity index (χ0) is 16.1. The Kier molecular flexibility index (Phi) is 4.78. The van der Waals surface area contributed by atoms with Gasteiger partial charge in [0.15, 0.2) is 0 Å². The van der Waals surface area contributed by atoms with Crippen molar-refractivity contribution in [3.8, 4) is 5.75 Å². The van der Waals surface area contributed by atoms with Gasteiger partial charge in [0.25, 0.3) is 5.91 Å². The van der Waals surface area contributed by atoms with Crippen LogP contribution in [0.1, 0.15) is 23.7 Å². The molecule has 0 bridgehead atoms. The Morgan fingerprint density at radius 3 is 2.64 bits per heavy atom. The minimum atomic E-state index is -0.897. The smallest absolute Gasteiger partial charge is 0.310 e. The van der Waals surface area contributed by atoms with E-state index in [9.17, 15) is 14.7 Å². The standard InChI is InChI=1S/C17H17NO4/c1-11(17(21)22)12-5-4-6-13(10-9-12)18-16(20)14-7-2-3-8-15(14)19/h2-5,7-11,19H,6H2,1H3,(H,18,20)(H,21,22). The van der Waals surface area contributed by atoms with Crippen molar-refractivity contribution < 1.29 is 19.8 Å². The van der Waals surface area contributed by atoms with Crippen molar-refractivity contribution in [2.75, 3.05) is 0 Å². The summed E-state index contributed by atoms with van der Waals surface area (Å²) in [5.41, 5.74) is 1.50. The van der Waals surface area contributed by atoms with E-state index in [1.54, 1.807) is 43.4 Å². The number of allylic oxidation sites excluding steroid dienone is 4. The topological polar surface area (TPSA) is 86.6 Å². The molecule has 0 spiro atoms. The third-order valence-electron chi connectivity index (χ3n) is 3.42. The third kappa shape index (κ3) is 3.63. The van der Waals surface area contributed by atoms with E-state index >= 15 is 0 Å². The number of para-hydroxylation sites is 1. The van der Waals surface area contributed by atoms with Crippen LogP contribution < -0.4 is 5.32 Å². The lowest BCUT2D eigenvalue weighted by atomic mass is 10.0. The predicted molar refractivity (Wildman–Crippen MR) is 82.3 cm³/mol. The lowest BCUT2D eigenvalue weighted by Gasteiger charge is -2.08. The van der Waals surface area contributed by atoms with Crippen LogP contribution in [0.3, 0.4) is 0 Å². The van der Waals surface area contributed by atoms with Crippen LogP contribution in [-0.4, -0.2) is 22.1 Å². The molecule has 5 heteroatoms. The normalized spacial score (nSPS) is 15.3. The van der Waals surface area contributed by atoms with Gasteiger partial charge in [-0.15, -0.1) is 0 Å². The molecule has 0 saturated heterocycles. The highest BCUT2D eigenvalue weighted by Crippen LogP contribution is 2.19. The zero-order valence-corrected chi connectivity index (χ0v) is 12.1. The number of amides is 1. The van der Waals surface area contributed by atoms with Gasteiger partial charge in [0.2, 0.25) is 0 Å². The Bertz CT molecular complexity index is 686. The van der Waals surface area contributed by atoms with Gasteiger partial charge in [-0.05, 0) is 30.7 Å². The molecule has 2 rings (SSSR count). The summed E-state index contributed by atoms with van der Waals surface area (Å²) in [5.74, 6) is -1.99. The molecule has 1 aliphatic rings. The van der Waals surface area contributed by atoms with E-state index in [0.29, 0.717) is 17.7 Å². The molecule has 1 unspecified atom stereocenters. The molecule has 1 atom stereocenters. The van der Waals surface area contributed by atoms with Gasteiger partial charge in [-0.25, -0.2) is 0 Å². The second-order valence-corrected chi connectivity index (χ2v) is 5.00. The van der Waals surface area contributed by atoms with Gasteiger partial charge in [0, 0.05) is 12.1 Å². The Labute approximate surface area is 128 Å². The number of hydrogen-bond donors (Lipinski definition) is 3. The fourth-order valence-corrected chi connectivity index (χ4v) is 2.05. The molecule has 1 aliphatic carbocycles. The molecule has 0 heterocycles. The summed E-state index contributed by atoms with van der Waals surface area (Å²) in [4.78, 5) is 23.1.